The lowest BCUT2D eigenvalue weighted by Gasteiger charge is -2.20. The van der Waals surface area contributed by atoms with E-state index in [1.54, 1.807) is 6.20 Å². The molecule has 0 aliphatic carbocycles. The van der Waals surface area contributed by atoms with E-state index < -0.39 is 0 Å². The molecule has 0 saturated heterocycles. The summed E-state index contributed by atoms with van der Waals surface area (Å²) in [6, 6.07) is 4.03. The van der Waals surface area contributed by atoms with Crippen LogP contribution < -0.4 is 5.32 Å². The van der Waals surface area contributed by atoms with Gasteiger partial charge in [-0.15, -0.1) is 0 Å². The van der Waals surface area contributed by atoms with Crippen LogP contribution in [-0.4, -0.2) is 12.0 Å². The molecule has 0 aromatic carbocycles. The van der Waals surface area contributed by atoms with Crippen molar-refractivity contribution in [2.45, 2.75) is 39.2 Å². The molecule has 0 aliphatic rings. The van der Waals surface area contributed by atoms with E-state index in [9.17, 15) is 0 Å². The average molecular weight is 241 g/mol. The van der Waals surface area contributed by atoms with Gasteiger partial charge < -0.3 is 5.32 Å². The molecule has 0 saturated carbocycles. The molecule has 3 heteroatoms. The van der Waals surface area contributed by atoms with E-state index in [0.717, 1.165) is 17.1 Å². The Hall–Kier alpha value is -0.600. The number of hydrogen-bond donors (Lipinski definition) is 1. The highest BCUT2D eigenvalue weighted by atomic mass is 35.5. The molecule has 2 atom stereocenters. The van der Waals surface area contributed by atoms with Crippen LogP contribution in [0.5, 0.6) is 0 Å². The number of aromatic nitrogens is 1. The second kappa shape index (κ2) is 6.87. The zero-order valence-electron chi connectivity index (χ0n) is 10.3. The third kappa shape index (κ3) is 3.76. The fourth-order valence-electron chi connectivity index (χ4n) is 2.03. The van der Waals surface area contributed by atoms with E-state index in [4.69, 9.17) is 11.6 Å². The van der Waals surface area contributed by atoms with Crippen molar-refractivity contribution in [2.75, 3.05) is 7.05 Å². The normalized spacial score (nSPS) is 14.8. The molecule has 0 fully saturated rings. The molecule has 90 valence electrons. The highest BCUT2D eigenvalue weighted by molar-refractivity contribution is 6.31. The third-order valence-corrected chi connectivity index (χ3v) is 3.20. The van der Waals surface area contributed by atoms with Gasteiger partial charge in [-0.2, -0.15) is 0 Å². The maximum absolute atomic E-state index is 6.16. The van der Waals surface area contributed by atoms with Crippen molar-refractivity contribution in [3.05, 3.63) is 29.0 Å². The first-order valence-electron chi connectivity index (χ1n) is 5.96. The van der Waals surface area contributed by atoms with Gasteiger partial charge in [0.2, 0.25) is 0 Å². The Bertz CT molecular complexity index is 315. The highest BCUT2D eigenvalue weighted by Crippen LogP contribution is 2.26. The Balaban J connectivity index is 2.71. The van der Waals surface area contributed by atoms with Crippen molar-refractivity contribution >= 4 is 11.6 Å². The van der Waals surface area contributed by atoms with Crippen molar-refractivity contribution in [3.63, 3.8) is 0 Å². The Morgan fingerprint density at radius 1 is 1.50 bits per heavy atom. The predicted octanol–water partition coefficient (Wildman–Crippen LogP) is 3.82. The van der Waals surface area contributed by atoms with Crippen molar-refractivity contribution in [1.29, 1.82) is 0 Å². The summed E-state index contributed by atoms with van der Waals surface area (Å²) in [7, 11) is 1.97. The molecule has 1 N–H and O–H groups in total. The van der Waals surface area contributed by atoms with E-state index in [0.29, 0.717) is 5.92 Å². The molecule has 1 aromatic rings. The molecule has 1 heterocycles. The molecule has 1 aromatic heterocycles. The lowest BCUT2D eigenvalue weighted by atomic mass is 9.95. The van der Waals surface area contributed by atoms with Gasteiger partial charge in [-0.05, 0) is 31.5 Å². The summed E-state index contributed by atoms with van der Waals surface area (Å²) in [5.41, 5.74) is 0.967. The van der Waals surface area contributed by atoms with Gasteiger partial charge >= 0.3 is 0 Å². The molecule has 1 rings (SSSR count). The molecule has 16 heavy (non-hydrogen) atoms. The van der Waals surface area contributed by atoms with Gasteiger partial charge in [0.25, 0.3) is 0 Å². The minimum Gasteiger partial charge on any atom is -0.312 e. The van der Waals surface area contributed by atoms with Crippen LogP contribution in [-0.2, 0) is 0 Å². The summed E-state index contributed by atoms with van der Waals surface area (Å²) < 4.78 is 0. The quantitative estimate of drug-likeness (QED) is 0.818. The average Bonchev–Trinajstić information content (AvgIpc) is 2.27. The van der Waals surface area contributed by atoms with Crippen molar-refractivity contribution in [3.8, 4) is 0 Å². The largest absolute Gasteiger partial charge is 0.312 e. The minimum atomic E-state index is 0.259. The SMILES string of the molecule is CCCC(C)CC(NC)c1ncccc1Cl. The third-order valence-electron chi connectivity index (χ3n) is 2.89. The first-order valence-corrected chi connectivity index (χ1v) is 6.34. The number of pyridine rings is 1. The van der Waals surface area contributed by atoms with Crippen LogP contribution in [0.15, 0.2) is 18.3 Å². The van der Waals surface area contributed by atoms with Gasteiger partial charge in [0.05, 0.1) is 16.8 Å². The Morgan fingerprint density at radius 2 is 2.25 bits per heavy atom. The Kier molecular flexibility index (Phi) is 5.78. The van der Waals surface area contributed by atoms with E-state index in [1.807, 2.05) is 19.2 Å². The maximum atomic E-state index is 6.16. The van der Waals surface area contributed by atoms with E-state index in [2.05, 4.69) is 24.1 Å². The first-order chi connectivity index (χ1) is 7.69. The number of nitrogens with one attached hydrogen (secondary N) is 1. The molecule has 0 radical (unpaired) electrons. The van der Waals surface area contributed by atoms with Crippen LogP contribution >= 0.6 is 11.6 Å². The highest BCUT2D eigenvalue weighted by Gasteiger charge is 2.16. The zero-order chi connectivity index (χ0) is 12.0. The molecular weight excluding hydrogens is 220 g/mol. The summed E-state index contributed by atoms with van der Waals surface area (Å²) in [6.07, 6.45) is 5.37. The summed E-state index contributed by atoms with van der Waals surface area (Å²) in [4.78, 5) is 4.37. The summed E-state index contributed by atoms with van der Waals surface area (Å²) in [6.45, 7) is 4.50. The minimum absolute atomic E-state index is 0.259. The molecule has 2 unspecified atom stereocenters. The molecular formula is C13H21ClN2. The molecule has 2 nitrogen and oxygen atoms in total. The molecule has 0 amide bonds. The van der Waals surface area contributed by atoms with Crippen molar-refractivity contribution in [1.82, 2.24) is 10.3 Å². The molecule has 0 bridgehead atoms. The lowest BCUT2D eigenvalue weighted by Crippen LogP contribution is -2.20. The summed E-state index contributed by atoms with van der Waals surface area (Å²) >= 11 is 6.16. The zero-order valence-corrected chi connectivity index (χ0v) is 11.1. The fourth-order valence-corrected chi connectivity index (χ4v) is 2.29. The predicted molar refractivity (Wildman–Crippen MR) is 69.7 cm³/mol. The van der Waals surface area contributed by atoms with Gasteiger partial charge in [-0.25, -0.2) is 0 Å². The fraction of sp³-hybridized carbons (Fsp3) is 0.615. The topological polar surface area (TPSA) is 24.9 Å². The van der Waals surface area contributed by atoms with E-state index in [1.165, 1.54) is 12.8 Å². The van der Waals surface area contributed by atoms with Crippen molar-refractivity contribution in [2.24, 2.45) is 5.92 Å². The van der Waals surface area contributed by atoms with Gasteiger partial charge in [0.15, 0.2) is 0 Å². The lowest BCUT2D eigenvalue weighted by molar-refractivity contribution is 0.402. The monoisotopic (exact) mass is 240 g/mol. The molecule has 0 spiro atoms. The molecule has 0 aliphatic heterocycles. The van der Waals surface area contributed by atoms with Crippen LogP contribution in [0, 0.1) is 5.92 Å². The smallest absolute Gasteiger partial charge is 0.0758 e. The van der Waals surface area contributed by atoms with Crippen LogP contribution in [0.2, 0.25) is 5.02 Å². The summed E-state index contributed by atoms with van der Waals surface area (Å²) in [5, 5.41) is 4.06. The first kappa shape index (κ1) is 13.5. The standard InChI is InChI=1S/C13H21ClN2/c1-4-6-10(2)9-12(15-3)13-11(14)7-5-8-16-13/h5,7-8,10,12,15H,4,6,9H2,1-3H3. The van der Waals surface area contributed by atoms with Crippen LogP contribution in [0.4, 0.5) is 0 Å². The Morgan fingerprint density at radius 3 is 2.81 bits per heavy atom. The number of halogens is 1. The number of hydrogen-bond acceptors (Lipinski definition) is 2. The van der Waals surface area contributed by atoms with Crippen LogP contribution in [0.3, 0.4) is 0 Å². The number of rotatable bonds is 6. The Labute approximate surface area is 103 Å². The van der Waals surface area contributed by atoms with E-state index >= 15 is 0 Å². The van der Waals surface area contributed by atoms with Gasteiger partial charge in [-0.1, -0.05) is 38.3 Å². The van der Waals surface area contributed by atoms with Gasteiger partial charge in [0.1, 0.15) is 0 Å². The maximum Gasteiger partial charge on any atom is 0.0758 e. The van der Waals surface area contributed by atoms with Crippen molar-refractivity contribution < 1.29 is 0 Å². The van der Waals surface area contributed by atoms with Gasteiger partial charge in [0, 0.05) is 6.20 Å². The second-order valence-electron chi connectivity index (χ2n) is 4.34. The summed E-state index contributed by atoms with van der Waals surface area (Å²) in [5.74, 6) is 0.695. The van der Waals surface area contributed by atoms with E-state index in [-0.39, 0.29) is 6.04 Å². The van der Waals surface area contributed by atoms with Gasteiger partial charge in [-0.3, -0.25) is 4.98 Å². The second-order valence-corrected chi connectivity index (χ2v) is 4.75. The van der Waals surface area contributed by atoms with Crippen LogP contribution in [0.25, 0.3) is 0 Å². The number of nitrogens with zero attached hydrogens (tertiary/aromatic N) is 1. The van der Waals surface area contributed by atoms with Crippen LogP contribution in [0.1, 0.15) is 44.8 Å².